The molecule has 0 spiro atoms. The Morgan fingerprint density at radius 2 is 2.00 bits per heavy atom. The van der Waals surface area contributed by atoms with Gasteiger partial charge in [-0.1, -0.05) is 12.7 Å². The average Bonchev–Trinajstić information content (AvgIpc) is 1.90. The van der Waals surface area contributed by atoms with Crippen LogP contribution in [0, 0.1) is 0 Å². The molecule has 2 heteroatoms. The highest BCUT2D eigenvalue weighted by atomic mass is 14.8. The third-order valence-corrected chi connectivity index (χ3v) is 0.816. The van der Waals surface area contributed by atoms with E-state index in [1.807, 2.05) is 0 Å². The standard InChI is InChI=1S/C6H6N2/c1-2-6-3-7-5-8-4-6/h2-5H,1H2. The summed E-state index contributed by atoms with van der Waals surface area (Å²) in [5.41, 5.74) is 0.951. The lowest BCUT2D eigenvalue weighted by molar-refractivity contribution is 1.16. The summed E-state index contributed by atoms with van der Waals surface area (Å²) in [5, 5.41) is 0. The first-order valence-corrected chi connectivity index (χ1v) is 2.31. The van der Waals surface area contributed by atoms with Gasteiger partial charge < -0.3 is 0 Å². The van der Waals surface area contributed by atoms with E-state index in [0.29, 0.717) is 0 Å². The van der Waals surface area contributed by atoms with Crippen LogP contribution in [0.5, 0.6) is 0 Å². The molecule has 0 amide bonds. The van der Waals surface area contributed by atoms with Crippen LogP contribution in [-0.2, 0) is 0 Å². The predicted molar refractivity (Wildman–Crippen MR) is 32.1 cm³/mol. The van der Waals surface area contributed by atoms with E-state index in [9.17, 15) is 0 Å². The van der Waals surface area contributed by atoms with Crippen LogP contribution in [-0.4, -0.2) is 9.97 Å². The third kappa shape index (κ3) is 0.904. The van der Waals surface area contributed by atoms with E-state index in [2.05, 4.69) is 16.5 Å². The van der Waals surface area contributed by atoms with Crippen LogP contribution >= 0.6 is 0 Å². The fourth-order valence-corrected chi connectivity index (χ4v) is 0.416. The van der Waals surface area contributed by atoms with Crippen molar-refractivity contribution in [2.75, 3.05) is 0 Å². The molecule has 1 rings (SSSR count). The maximum Gasteiger partial charge on any atom is 0.115 e. The van der Waals surface area contributed by atoms with Gasteiger partial charge in [-0.3, -0.25) is 0 Å². The fraction of sp³-hybridized carbons (Fsp3) is 0. The molecule has 40 valence electrons. The van der Waals surface area contributed by atoms with E-state index in [0.717, 1.165) is 5.56 Å². The summed E-state index contributed by atoms with van der Waals surface area (Å²) in [7, 11) is 0. The highest BCUT2D eigenvalue weighted by Crippen LogP contribution is 1.91. The van der Waals surface area contributed by atoms with Crippen molar-refractivity contribution in [1.29, 1.82) is 0 Å². The van der Waals surface area contributed by atoms with Crippen LogP contribution in [0.15, 0.2) is 25.3 Å². The average molecular weight is 106 g/mol. The minimum atomic E-state index is 0.951. The number of aromatic nitrogens is 2. The molecule has 0 saturated carbocycles. The Labute approximate surface area is 47.9 Å². The number of hydrogen-bond donors (Lipinski definition) is 0. The van der Waals surface area contributed by atoms with E-state index < -0.39 is 0 Å². The molecular weight excluding hydrogens is 100 g/mol. The van der Waals surface area contributed by atoms with E-state index in [-0.39, 0.29) is 0 Å². The van der Waals surface area contributed by atoms with Crippen molar-refractivity contribution in [1.82, 2.24) is 9.97 Å². The van der Waals surface area contributed by atoms with Gasteiger partial charge in [-0.15, -0.1) is 0 Å². The zero-order valence-corrected chi connectivity index (χ0v) is 4.41. The normalized spacial score (nSPS) is 8.50. The minimum absolute atomic E-state index is 0.951. The molecule has 0 fully saturated rings. The molecule has 0 N–H and O–H groups in total. The van der Waals surface area contributed by atoms with Gasteiger partial charge in [0.15, 0.2) is 0 Å². The lowest BCUT2D eigenvalue weighted by Gasteiger charge is -1.83. The summed E-state index contributed by atoms with van der Waals surface area (Å²) >= 11 is 0. The van der Waals surface area contributed by atoms with Crippen LogP contribution in [0.2, 0.25) is 0 Å². The number of hydrogen-bond acceptors (Lipinski definition) is 2. The van der Waals surface area contributed by atoms with Gasteiger partial charge in [-0.25, -0.2) is 9.97 Å². The molecule has 0 saturated heterocycles. The van der Waals surface area contributed by atoms with Crippen molar-refractivity contribution in [2.45, 2.75) is 0 Å². The predicted octanol–water partition coefficient (Wildman–Crippen LogP) is 1.12. The Balaban J connectivity index is 2.99. The summed E-state index contributed by atoms with van der Waals surface area (Å²) in [6.45, 7) is 3.55. The second-order valence-corrected chi connectivity index (χ2v) is 1.38. The Hall–Kier alpha value is -1.18. The first-order valence-electron chi connectivity index (χ1n) is 2.31. The smallest absolute Gasteiger partial charge is 0.115 e. The highest BCUT2D eigenvalue weighted by Gasteiger charge is 1.78. The zero-order chi connectivity index (χ0) is 5.82. The summed E-state index contributed by atoms with van der Waals surface area (Å²) in [6, 6.07) is 0. The molecule has 1 heterocycles. The lowest BCUT2D eigenvalue weighted by atomic mass is 10.3. The maximum atomic E-state index is 3.77. The molecule has 0 atom stereocenters. The molecule has 0 aliphatic rings. The molecule has 0 bridgehead atoms. The molecular formula is C6H6N2. The van der Waals surface area contributed by atoms with Crippen molar-refractivity contribution in [3.05, 3.63) is 30.9 Å². The summed E-state index contributed by atoms with van der Waals surface area (Å²) in [6.07, 6.45) is 6.62. The lowest BCUT2D eigenvalue weighted by Crippen LogP contribution is -1.75. The Kier molecular flexibility index (Phi) is 1.37. The quantitative estimate of drug-likeness (QED) is 0.536. The van der Waals surface area contributed by atoms with Gasteiger partial charge in [0.1, 0.15) is 6.33 Å². The summed E-state index contributed by atoms with van der Waals surface area (Å²) < 4.78 is 0. The monoisotopic (exact) mass is 106 g/mol. The maximum absolute atomic E-state index is 3.77. The van der Waals surface area contributed by atoms with Crippen LogP contribution < -0.4 is 0 Å². The second kappa shape index (κ2) is 2.21. The fourth-order valence-electron chi connectivity index (χ4n) is 0.416. The zero-order valence-electron chi connectivity index (χ0n) is 4.41. The van der Waals surface area contributed by atoms with Crippen LogP contribution in [0.25, 0.3) is 6.08 Å². The number of rotatable bonds is 1. The van der Waals surface area contributed by atoms with Crippen LogP contribution in [0.4, 0.5) is 0 Å². The number of nitrogens with zero attached hydrogens (tertiary/aromatic N) is 2. The van der Waals surface area contributed by atoms with Gasteiger partial charge in [0.05, 0.1) is 0 Å². The molecule has 8 heavy (non-hydrogen) atoms. The van der Waals surface area contributed by atoms with Crippen LogP contribution in [0.1, 0.15) is 5.56 Å². The molecule has 1 aromatic rings. The first kappa shape index (κ1) is 4.97. The van der Waals surface area contributed by atoms with Gasteiger partial charge in [0.25, 0.3) is 0 Å². The van der Waals surface area contributed by atoms with Gasteiger partial charge in [-0.2, -0.15) is 0 Å². The third-order valence-electron chi connectivity index (χ3n) is 0.816. The molecule has 0 aromatic carbocycles. The van der Waals surface area contributed by atoms with Crippen LogP contribution in [0.3, 0.4) is 0 Å². The van der Waals surface area contributed by atoms with E-state index in [1.165, 1.54) is 6.33 Å². The van der Waals surface area contributed by atoms with Gasteiger partial charge in [-0.05, 0) is 0 Å². The molecule has 2 nitrogen and oxygen atoms in total. The van der Waals surface area contributed by atoms with E-state index in [4.69, 9.17) is 0 Å². The summed E-state index contributed by atoms with van der Waals surface area (Å²) in [4.78, 5) is 7.55. The Morgan fingerprint density at radius 3 is 2.38 bits per heavy atom. The van der Waals surface area contributed by atoms with E-state index in [1.54, 1.807) is 18.5 Å². The summed E-state index contributed by atoms with van der Waals surface area (Å²) in [5.74, 6) is 0. The van der Waals surface area contributed by atoms with E-state index >= 15 is 0 Å². The van der Waals surface area contributed by atoms with Crippen molar-refractivity contribution in [3.63, 3.8) is 0 Å². The molecule has 0 aliphatic carbocycles. The van der Waals surface area contributed by atoms with Gasteiger partial charge in [0, 0.05) is 18.0 Å². The largest absolute Gasteiger partial charge is 0.244 e. The van der Waals surface area contributed by atoms with Gasteiger partial charge >= 0.3 is 0 Å². The second-order valence-electron chi connectivity index (χ2n) is 1.38. The van der Waals surface area contributed by atoms with Crippen molar-refractivity contribution in [2.24, 2.45) is 0 Å². The van der Waals surface area contributed by atoms with Crippen molar-refractivity contribution >= 4 is 6.08 Å². The van der Waals surface area contributed by atoms with Crippen molar-refractivity contribution in [3.8, 4) is 0 Å². The molecule has 1 aromatic heterocycles. The van der Waals surface area contributed by atoms with Gasteiger partial charge in [0.2, 0.25) is 0 Å². The highest BCUT2D eigenvalue weighted by molar-refractivity contribution is 5.42. The molecule has 0 unspecified atom stereocenters. The SMILES string of the molecule is C=Cc1cncnc1. The molecule has 0 aliphatic heterocycles. The topological polar surface area (TPSA) is 25.8 Å². The Bertz CT molecular complexity index is 169. The Morgan fingerprint density at radius 1 is 1.38 bits per heavy atom. The van der Waals surface area contributed by atoms with Crippen molar-refractivity contribution < 1.29 is 0 Å². The molecule has 0 radical (unpaired) electrons. The first-order chi connectivity index (χ1) is 3.93. The minimum Gasteiger partial charge on any atom is -0.244 e.